The SMILES string of the molecule is COc1nc(-c2cnn(C)c2COC(=O)N(C)C2CCCC2)ccc1O[C@H]1CCC[C@H](C(=O)O)C1. The second kappa shape index (κ2) is 11.0. The molecule has 0 radical (unpaired) electrons. The Morgan fingerprint density at radius 3 is 2.66 bits per heavy atom. The Kier molecular flexibility index (Phi) is 7.77. The number of carboxylic acids is 1. The summed E-state index contributed by atoms with van der Waals surface area (Å²) in [6, 6.07) is 3.83. The first kappa shape index (κ1) is 24.8. The second-order valence-electron chi connectivity index (χ2n) is 9.38. The summed E-state index contributed by atoms with van der Waals surface area (Å²) in [4.78, 5) is 30.2. The lowest BCUT2D eigenvalue weighted by Crippen LogP contribution is -2.35. The molecule has 2 aromatic rings. The summed E-state index contributed by atoms with van der Waals surface area (Å²) >= 11 is 0. The van der Waals surface area contributed by atoms with Gasteiger partial charge in [-0.15, -0.1) is 0 Å². The van der Waals surface area contributed by atoms with Crippen molar-refractivity contribution in [3.8, 4) is 22.9 Å². The average Bonchev–Trinajstić information content (AvgIpc) is 3.52. The third-order valence-electron chi connectivity index (χ3n) is 7.12. The predicted octanol–water partition coefficient (Wildman–Crippen LogP) is 4.02. The lowest BCUT2D eigenvalue weighted by Gasteiger charge is -2.27. The summed E-state index contributed by atoms with van der Waals surface area (Å²) in [6.07, 6.45) is 8.20. The molecule has 0 saturated heterocycles. The van der Waals surface area contributed by atoms with Crippen LogP contribution < -0.4 is 9.47 Å². The van der Waals surface area contributed by atoms with Gasteiger partial charge in [-0.3, -0.25) is 9.48 Å². The number of pyridine rings is 1. The molecule has 10 nitrogen and oxygen atoms in total. The number of methoxy groups -OCH3 is 1. The Hall–Kier alpha value is -3.30. The fourth-order valence-electron chi connectivity index (χ4n) is 4.99. The van der Waals surface area contributed by atoms with E-state index >= 15 is 0 Å². The smallest absolute Gasteiger partial charge is 0.410 e. The first-order chi connectivity index (χ1) is 16.9. The molecule has 1 amide bonds. The number of aryl methyl sites for hydroxylation is 1. The largest absolute Gasteiger partial charge is 0.485 e. The van der Waals surface area contributed by atoms with Crippen LogP contribution in [-0.2, 0) is 23.2 Å². The van der Waals surface area contributed by atoms with Gasteiger partial charge in [0.2, 0.25) is 0 Å². The molecular formula is C25H34N4O6. The van der Waals surface area contributed by atoms with Crippen LogP contribution in [0.1, 0.15) is 57.1 Å². The molecule has 2 aromatic heterocycles. The Balaban J connectivity index is 1.46. The minimum atomic E-state index is -0.780. The van der Waals surface area contributed by atoms with Gasteiger partial charge in [0.1, 0.15) is 6.61 Å². The molecule has 0 spiro atoms. The van der Waals surface area contributed by atoms with Gasteiger partial charge in [-0.25, -0.2) is 9.78 Å². The first-order valence-corrected chi connectivity index (χ1v) is 12.2. The van der Waals surface area contributed by atoms with Gasteiger partial charge in [0.05, 0.1) is 36.7 Å². The summed E-state index contributed by atoms with van der Waals surface area (Å²) in [6.45, 7) is 0.0720. The Morgan fingerprint density at radius 1 is 1.17 bits per heavy atom. The summed E-state index contributed by atoms with van der Waals surface area (Å²) in [7, 11) is 5.10. The second-order valence-corrected chi connectivity index (χ2v) is 9.38. The van der Waals surface area contributed by atoms with Gasteiger partial charge < -0.3 is 24.2 Å². The summed E-state index contributed by atoms with van der Waals surface area (Å²) < 4.78 is 18.9. The molecule has 2 atom stereocenters. The number of amides is 1. The van der Waals surface area contributed by atoms with E-state index in [4.69, 9.17) is 14.2 Å². The highest BCUT2D eigenvalue weighted by Gasteiger charge is 2.29. The number of aliphatic carboxylic acids is 1. The summed E-state index contributed by atoms with van der Waals surface area (Å²) in [5.74, 6) is -0.381. The zero-order chi connectivity index (χ0) is 24.9. The topological polar surface area (TPSA) is 116 Å². The van der Waals surface area contributed by atoms with Crippen molar-refractivity contribution in [2.24, 2.45) is 13.0 Å². The minimum Gasteiger partial charge on any atom is -0.485 e. The van der Waals surface area contributed by atoms with Gasteiger partial charge in [-0.05, 0) is 50.7 Å². The van der Waals surface area contributed by atoms with E-state index in [9.17, 15) is 14.7 Å². The van der Waals surface area contributed by atoms with Crippen LogP contribution in [0.25, 0.3) is 11.3 Å². The van der Waals surface area contributed by atoms with Crippen molar-refractivity contribution in [2.45, 2.75) is 70.1 Å². The lowest BCUT2D eigenvalue weighted by molar-refractivity contribution is -0.143. The van der Waals surface area contributed by atoms with E-state index in [1.54, 1.807) is 35.9 Å². The Morgan fingerprint density at radius 2 is 1.94 bits per heavy atom. The zero-order valence-corrected chi connectivity index (χ0v) is 20.6. The van der Waals surface area contributed by atoms with Gasteiger partial charge in [0, 0.05) is 25.7 Å². The highest BCUT2D eigenvalue weighted by atomic mass is 16.6. The number of hydrogen-bond acceptors (Lipinski definition) is 7. The lowest BCUT2D eigenvalue weighted by atomic mass is 9.87. The van der Waals surface area contributed by atoms with Crippen LogP contribution >= 0.6 is 0 Å². The molecule has 2 fully saturated rings. The third-order valence-corrected chi connectivity index (χ3v) is 7.12. The van der Waals surface area contributed by atoms with Crippen LogP contribution in [0.5, 0.6) is 11.6 Å². The molecule has 0 bridgehead atoms. The van der Waals surface area contributed by atoms with Gasteiger partial charge in [0.25, 0.3) is 5.88 Å². The normalized spacial score (nSPS) is 20.4. The molecule has 10 heteroatoms. The van der Waals surface area contributed by atoms with E-state index in [0.29, 0.717) is 30.2 Å². The molecular weight excluding hydrogens is 452 g/mol. The fourth-order valence-corrected chi connectivity index (χ4v) is 4.99. The quantitative estimate of drug-likeness (QED) is 0.595. The number of ether oxygens (including phenoxy) is 3. The van der Waals surface area contributed by atoms with Crippen molar-refractivity contribution >= 4 is 12.1 Å². The van der Waals surface area contributed by atoms with Crippen LogP contribution in [0.2, 0.25) is 0 Å². The highest BCUT2D eigenvalue weighted by molar-refractivity contribution is 5.70. The van der Waals surface area contributed by atoms with Crippen LogP contribution in [-0.4, -0.2) is 63.1 Å². The molecule has 190 valence electrons. The van der Waals surface area contributed by atoms with Crippen molar-refractivity contribution in [1.82, 2.24) is 19.7 Å². The van der Waals surface area contributed by atoms with Crippen molar-refractivity contribution in [2.75, 3.05) is 14.2 Å². The number of carbonyl (C=O) groups excluding carboxylic acids is 1. The van der Waals surface area contributed by atoms with Crippen LogP contribution in [0.3, 0.4) is 0 Å². The number of aromatic nitrogens is 3. The van der Waals surface area contributed by atoms with E-state index in [1.165, 1.54) is 7.11 Å². The molecule has 2 saturated carbocycles. The highest BCUT2D eigenvalue weighted by Crippen LogP contribution is 2.34. The maximum Gasteiger partial charge on any atom is 0.410 e. The number of hydrogen-bond donors (Lipinski definition) is 1. The molecule has 0 aliphatic heterocycles. The number of rotatable bonds is 8. The Bertz CT molecular complexity index is 1050. The Labute approximate surface area is 205 Å². The standard InChI is InChI=1S/C25H34N4O6/c1-28(17-8-4-5-9-17)25(32)34-15-21-19(14-26-29(21)2)20-11-12-22(23(27-20)33-3)35-18-10-6-7-16(13-18)24(30)31/h11-12,14,16-18H,4-10,13,15H2,1-3H3,(H,30,31)/t16-,18-/m0/s1. The molecule has 2 heterocycles. The molecule has 2 aliphatic rings. The predicted molar refractivity (Wildman–Crippen MR) is 127 cm³/mol. The first-order valence-electron chi connectivity index (χ1n) is 12.2. The van der Waals surface area contributed by atoms with E-state index < -0.39 is 5.97 Å². The molecule has 0 aromatic carbocycles. The van der Waals surface area contributed by atoms with Gasteiger partial charge >= 0.3 is 12.1 Å². The van der Waals surface area contributed by atoms with E-state index in [1.807, 2.05) is 6.07 Å². The van der Waals surface area contributed by atoms with Gasteiger partial charge in [-0.2, -0.15) is 5.10 Å². The molecule has 0 unspecified atom stereocenters. The van der Waals surface area contributed by atoms with E-state index in [-0.39, 0.29) is 30.8 Å². The molecule has 4 rings (SSSR count). The third kappa shape index (κ3) is 5.68. The maximum atomic E-state index is 12.6. The van der Waals surface area contributed by atoms with Crippen LogP contribution in [0.4, 0.5) is 4.79 Å². The van der Waals surface area contributed by atoms with Gasteiger partial charge in [0.15, 0.2) is 5.75 Å². The number of carbonyl (C=O) groups is 2. The van der Waals surface area contributed by atoms with Crippen LogP contribution in [0.15, 0.2) is 18.3 Å². The molecule has 1 N–H and O–H groups in total. The summed E-state index contributed by atoms with van der Waals surface area (Å²) in [5.41, 5.74) is 2.07. The van der Waals surface area contributed by atoms with Gasteiger partial charge in [-0.1, -0.05) is 12.8 Å². The van der Waals surface area contributed by atoms with Crippen molar-refractivity contribution in [3.05, 3.63) is 24.0 Å². The fraction of sp³-hybridized carbons (Fsp3) is 0.600. The van der Waals surface area contributed by atoms with E-state index in [2.05, 4.69) is 10.1 Å². The molecule has 35 heavy (non-hydrogen) atoms. The zero-order valence-electron chi connectivity index (χ0n) is 20.6. The number of carboxylic acid groups (broad SMARTS) is 1. The maximum absolute atomic E-state index is 12.6. The molecule has 2 aliphatic carbocycles. The van der Waals surface area contributed by atoms with Crippen molar-refractivity contribution in [3.63, 3.8) is 0 Å². The van der Waals surface area contributed by atoms with E-state index in [0.717, 1.165) is 49.8 Å². The number of nitrogens with zero attached hydrogens (tertiary/aromatic N) is 4. The monoisotopic (exact) mass is 486 g/mol. The summed E-state index contributed by atoms with van der Waals surface area (Å²) in [5, 5.41) is 13.7. The average molecular weight is 487 g/mol. The van der Waals surface area contributed by atoms with Crippen molar-refractivity contribution in [1.29, 1.82) is 0 Å². The van der Waals surface area contributed by atoms with Crippen molar-refractivity contribution < 1.29 is 28.9 Å². The van der Waals surface area contributed by atoms with Crippen LogP contribution in [0, 0.1) is 5.92 Å². The minimum absolute atomic E-state index is 0.0720.